The van der Waals surface area contributed by atoms with Crippen molar-refractivity contribution in [3.05, 3.63) is 52.0 Å². The first-order chi connectivity index (χ1) is 8.65. The van der Waals surface area contributed by atoms with Gasteiger partial charge in [-0.3, -0.25) is 4.79 Å². The van der Waals surface area contributed by atoms with Crippen molar-refractivity contribution in [1.82, 2.24) is 4.98 Å². The van der Waals surface area contributed by atoms with Gasteiger partial charge in [0, 0.05) is 11.1 Å². The Hall–Kier alpha value is -1.52. The topological polar surface area (TPSA) is 56.0 Å². The molecule has 0 radical (unpaired) electrons. The highest BCUT2D eigenvalue weighted by atomic mass is 32.1. The summed E-state index contributed by atoms with van der Waals surface area (Å²) in [6.45, 7) is 1.92. The van der Waals surface area contributed by atoms with Gasteiger partial charge in [0.15, 0.2) is 5.78 Å². The summed E-state index contributed by atoms with van der Waals surface area (Å²) in [5.74, 6) is 0.0493. The molecule has 2 rings (SSSR count). The lowest BCUT2D eigenvalue weighted by atomic mass is 10.0. The van der Waals surface area contributed by atoms with Crippen molar-refractivity contribution in [2.75, 3.05) is 0 Å². The van der Waals surface area contributed by atoms with Gasteiger partial charge in [-0.1, -0.05) is 30.3 Å². The maximum absolute atomic E-state index is 12.0. The molecule has 1 aromatic heterocycles. The Morgan fingerprint density at radius 1 is 1.39 bits per heavy atom. The van der Waals surface area contributed by atoms with Crippen LogP contribution in [0.5, 0.6) is 0 Å². The minimum absolute atomic E-state index is 0.0493. The molecule has 0 aliphatic heterocycles. The van der Waals surface area contributed by atoms with Crippen LogP contribution in [-0.2, 0) is 17.6 Å². The first kappa shape index (κ1) is 12.9. The lowest BCUT2D eigenvalue weighted by molar-refractivity contribution is -0.119. The first-order valence-corrected chi connectivity index (χ1v) is 6.76. The number of carbonyl (C=O) groups is 1. The molecule has 0 bridgehead atoms. The van der Waals surface area contributed by atoms with E-state index in [4.69, 9.17) is 5.73 Å². The van der Waals surface area contributed by atoms with Crippen LogP contribution in [0.15, 0.2) is 35.7 Å². The molecule has 4 heteroatoms. The van der Waals surface area contributed by atoms with Crippen molar-refractivity contribution in [3.63, 3.8) is 0 Å². The average molecular weight is 260 g/mol. The maximum atomic E-state index is 12.0. The summed E-state index contributed by atoms with van der Waals surface area (Å²) < 4.78 is 0. The number of Topliss-reactive ketones (excluding diaryl/α,β-unsaturated/α-hetero) is 1. The molecule has 1 unspecified atom stereocenters. The van der Waals surface area contributed by atoms with Crippen LogP contribution in [0.1, 0.15) is 16.3 Å². The second-order valence-corrected chi connectivity index (χ2v) is 5.26. The number of thiazole rings is 1. The molecular weight excluding hydrogens is 244 g/mol. The zero-order chi connectivity index (χ0) is 13.0. The summed E-state index contributed by atoms with van der Waals surface area (Å²) in [6, 6.07) is 9.39. The molecule has 2 N–H and O–H groups in total. The maximum Gasteiger partial charge on any atom is 0.156 e. The van der Waals surface area contributed by atoms with E-state index in [-0.39, 0.29) is 5.78 Å². The minimum Gasteiger partial charge on any atom is -0.321 e. The molecule has 0 spiro atoms. The number of aryl methyl sites for hydroxylation is 1. The van der Waals surface area contributed by atoms with E-state index in [1.165, 1.54) is 11.3 Å². The van der Waals surface area contributed by atoms with Crippen LogP contribution in [0.2, 0.25) is 0 Å². The van der Waals surface area contributed by atoms with Crippen LogP contribution >= 0.6 is 11.3 Å². The molecule has 0 aliphatic rings. The number of carbonyl (C=O) groups excluding carboxylic acids is 1. The van der Waals surface area contributed by atoms with Crippen molar-refractivity contribution >= 4 is 17.1 Å². The van der Waals surface area contributed by atoms with Crippen LogP contribution in [0.25, 0.3) is 0 Å². The molecular formula is C14H16N2OS. The molecule has 3 nitrogen and oxygen atoms in total. The fourth-order valence-corrected chi connectivity index (χ4v) is 2.53. The summed E-state index contributed by atoms with van der Waals surface area (Å²) in [7, 11) is 0. The van der Waals surface area contributed by atoms with Gasteiger partial charge < -0.3 is 5.73 Å². The number of nitrogens with two attached hydrogens (primary N) is 1. The van der Waals surface area contributed by atoms with Crippen molar-refractivity contribution in [3.8, 4) is 0 Å². The van der Waals surface area contributed by atoms with E-state index >= 15 is 0 Å². The molecule has 1 atom stereocenters. The smallest absolute Gasteiger partial charge is 0.156 e. The molecule has 0 fully saturated rings. The summed E-state index contributed by atoms with van der Waals surface area (Å²) in [5, 5.41) is 2.80. The van der Waals surface area contributed by atoms with E-state index in [1.54, 1.807) is 0 Å². The Morgan fingerprint density at radius 2 is 2.11 bits per heavy atom. The van der Waals surface area contributed by atoms with E-state index in [0.29, 0.717) is 12.8 Å². The van der Waals surface area contributed by atoms with Gasteiger partial charge in [-0.25, -0.2) is 4.98 Å². The Morgan fingerprint density at radius 3 is 2.72 bits per heavy atom. The number of nitrogens with zero attached hydrogens (tertiary/aromatic N) is 1. The molecule has 1 aromatic carbocycles. The molecule has 18 heavy (non-hydrogen) atoms. The SMILES string of the molecule is Cc1csc(CC(=O)C(N)Cc2ccccc2)n1. The second-order valence-electron chi connectivity index (χ2n) is 4.32. The fraction of sp³-hybridized carbons (Fsp3) is 0.286. The van der Waals surface area contributed by atoms with E-state index in [0.717, 1.165) is 16.3 Å². The van der Waals surface area contributed by atoms with Crippen LogP contribution in [-0.4, -0.2) is 16.8 Å². The number of aromatic nitrogens is 1. The van der Waals surface area contributed by atoms with Gasteiger partial charge in [0.2, 0.25) is 0 Å². The Balaban J connectivity index is 1.93. The third-order valence-corrected chi connectivity index (χ3v) is 3.67. The van der Waals surface area contributed by atoms with Crippen LogP contribution < -0.4 is 5.73 Å². The third-order valence-electron chi connectivity index (χ3n) is 2.70. The fourth-order valence-electron chi connectivity index (χ4n) is 1.75. The zero-order valence-corrected chi connectivity index (χ0v) is 11.1. The lowest BCUT2D eigenvalue weighted by Gasteiger charge is -2.09. The lowest BCUT2D eigenvalue weighted by Crippen LogP contribution is -2.33. The van der Waals surface area contributed by atoms with Crippen molar-refractivity contribution in [1.29, 1.82) is 0 Å². The average Bonchev–Trinajstić information content (AvgIpc) is 2.76. The van der Waals surface area contributed by atoms with Crippen LogP contribution in [0, 0.1) is 6.92 Å². The summed E-state index contributed by atoms with van der Waals surface area (Å²) in [6.07, 6.45) is 0.927. The molecule has 94 valence electrons. The number of hydrogen-bond acceptors (Lipinski definition) is 4. The molecule has 1 heterocycles. The first-order valence-electron chi connectivity index (χ1n) is 5.88. The van der Waals surface area contributed by atoms with Crippen molar-refractivity contribution in [2.24, 2.45) is 5.73 Å². The van der Waals surface area contributed by atoms with Gasteiger partial charge in [-0.15, -0.1) is 11.3 Å². The normalized spacial score (nSPS) is 12.3. The third kappa shape index (κ3) is 3.48. The Labute approximate surface area is 111 Å². The van der Waals surface area contributed by atoms with E-state index in [2.05, 4.69) is 4.98 Å². The summed E-state index contributed by atoms with van der Waals surface area (Å²) in [4.78, 5) is 16.2. The highest BCUT2D eigenvalue weighted by Gasteiger charge is 2.15. The summed E-state index contributed by atoms with van der Waals surface area (Å²) in [5.41, 5.74) is 7.98. The van der Waals surface area contributed by atoms with E-state index < -0.39 is 6.04 Å². The number of benzene rings is 1. The van der Waals surface area contributed by atoms with Crippen molar-refractivity contribution < 1.29 is 4.79 Å². The molecule has 0 amide bonds. The Bertz CT molecular complexity index is 522. The van der Waals surface area contributed by atoms with Crippen LogP contribution in [0.3, 0.4) is 0 Å². The van der Waals surface area contributed by atoms with Gasteiger partial charge >= 0.3 is 0 Å². The molecule has 0 saturated heterocycles. The second kappa shape index (κ2) is 5.89. The number of hydrogen-bond donors (Lipinski definition) is 1. The minimum atomic E-state index is -0.448. The zero-order valence-electron chi connectivity index (χ0n) is 10.3. The van der Waals surface area contributed by atoms with Gasteiger partial charge in [-0.05, 0) is 18.9 Å². The molecule has 2 aromatic rings. The monoisotopic (exact) mass is 260 g/mol. The number of ketones is 1. The number of rotatable bonds is 5. The quantitative estimate of drug-likeness (QED) is 0.896. The predicted octanol–water partition coefficient (Wildman–Crippen LogP) is 2.13. The van der Waals surface area contributed by atoms with Gasteiger partial charge in [-0.2, -0.15) is 0 Å². The highest BCUT2D eigenvalue weighted by Crippen LogP contribution is 2.11. The predicted molar refractivity (Wildman–Crippen MR) is 73.7 cm³/mol. The standard InChI is InChI=1S/C14H16N2OS/c1-10-9-18-14(16-10)8-13(17)12(15)7-11-5-3-2-4-6-11/h2-6,9,12H,7-8,15H2,1H3. The molecule has 0 aliphatic carbocycles. The Kier molecular flexibility index (Phi) is 4.23. The largest absolute Gasteiger partial charge is 0.321 e. The van der Waals surface area contributed by atoms with Gasteiger partial charge in [0.25, 0.3) is 0 Å². The summed E-state index contributed by atoms with van der Waals surface area (Å²) >= 11 is 1.51. The van der Waals surface area contributed by atoms with Crippen LogP contribution in [0.4, 0.5) is 0 Å². The van der Waals surface area contributed by atoms with Gasteiger partial charge in [0.05, 0.1) is 12.5 Å². The highest BCUT2D eigenvalue weighted by molar-refractivity contribution is 7.09. The molecule has 0 saturated carbocycles. The van der Waals surface area contributed by atoms with Gasteiger partial charge in [0.1, 0.15) is 5.01 Å². The van der Waals surface area contributed by atoms with E-state index in [9.17, 15) is 4.79 Å². The van der Waals surface area contributed by atoms with Crippen molar-refractivity contribution in [2.45, 2.75) is 25.8 Å². The van der Waals surface area contributed by atoms with E-state index in [1.807, 2.05) is 42.6 Å².